The van der Waals surface area contributed by atoms with Crippen molar-refractivity contribution in [1.29, 1.82) is 0 Å². The molecule has 0 aliphatic heterocycles. The molecule has 0 aliphatic rings. The Hall–Kier alpha value is -2.82. The van der Waals surface area contributed by atoms with Gasteiger partial charge >= 0.3 is 5.97 Å². The molecule has 0 unspecified atom stereocenters. The van der Waals surface area contributed by atoms with Crippen LogP contribution in [0.4, 0.5) is 0 Å². The SMILES string of the molecule is COc1ccc(CNC(=O)[C@H](C)OC(=O)c2cccc(C)c2)cc1. The van der Waals surface area contributed by atoms with Crippen LogP contribution in [0.15, 0.2) is 48.5 Å². The van der Waals surface area contributed by atoms with Crippen molar-refractivity contribution >= 4 is 11.9 Å². The number of amides is 1. The summed E-state index contributed by atoms with van der Waals surface area (Å²) in [6, 6.07) is 14.4. The maximum atomic E-state index is 12.1. The number of esters is 1. The van der Waals surface area contributed by atoms with Gasteiger partial charge in [0.15, 0.2) is 6.10 Å². The highest BCUT2D eigenvalue weighted by atomic mass is 16.5. The summed E-state index contributed by atoms with van der Waals surface area (Å²) < 4.78 is 10.3. The fourth-order valence-electron chi connectivity index (χ4n) is 2.13. The zero-order valence-corrected chi connectivity index (χ0v) is 14.0. The summed E-state index contributed by atoms with van der Waals surface area (Å²) in [4.78, 5) is 24.1. The average molecular weight is 327 g/mol. The number of hydrogen-bond donors (Lipinski definition) is 1. The van der Waals surface area contributed by atoms with E-state index in [1.807, 2.05) is 37.3 Å². The topological polar surface area (TPSA) is 64.6 Å². The van der Waals surface area contributed by atoms with Gasteiger partial charge in [-0.2, -0.15) is 0 Å². The van der Waals surface area contributed by atoms with Gasteiger partial charge in [-0.1, -0.05) is 29.8 Å². The first-order chi connectivity index (χ1) is 11.5. The molecule has 24 heavy (non-hydrogen) atoms. The predicted octanol–water partition coefficient (Wildman–Crippen LogP) is 2.87. The molecule has 1 N–H and O–H groups in total. The first-order valence-electron chi connectivity index (χ1n) is 7.68. The number of rotatable bonds is 6. The molecule has 0 fully saturated rings. The van der Waals surface area contributed by atoms with Crippen LogP contribution in [0.5, 0.6) is 5.75 Å². The lowest BCUT2D eigenvalue weighted by Crippen LogP contribution is -2.35. The van der Waals surface area contributed by atoms with Gasteiger partial charge in [-0.05, 0) is 43.7 Å². The molecule has 0 saturated heterocycles. The van der Waals surface area contributed by atoms with Gasteiger partial charge in [0.25, 0.3) is 5.91 Å². The van der Waals surface area contributed by atoms with Crippen molar-refractivity contribution in [3.63, 3.8) is 0 Å². The normalized spacial score (nSPS) is 11.5. The van der Waals surface area contributed by atoms with E-state index in [2.05, 4.69) is 5.32 Å². The summed E-state index contributed by atoms with van der Waals surface area (Å²) in [5.74, 6) is -0.0943. The van der Waals surface area contributed by atoms with Gasteiger partial charge in [0.2, 0.25) is 0 Å². The molecule has 5 heteroatoms. The van der Waals surface area contributed by atoms with Crippen LogP contribution in [-0.2, 0) is 16.1 Å². The number of methoxy groups -OCH3 is 1. The molecular formula is C19H21NO4. The summed E-state index contributed by atoms with van der Waals surface area (Å²) in [7, 11) is 1.60. The van der Waals surface area contributed by atoms with Crippen molar-refractivity contribution < 1.29 is 19.1 Å². The van der Waals surface area contributed by atoms with Crippen LogP contribution < -0.4 is 10.1 Å². The Morgan fingerprint density at radius 1 is 1.12 bits per heavy atom. The van der Waals surface area contributed by atoms with E-state index in [-0.39, 0.29) is 5.91 Å². The molecule has 1 atom stereocenters. The van der Waals surface area contributed by atoms with E-state index in [9.17, 15) is 9.59 Å². The van der Waals surface area contributed by atoms with E-state index in [4.69, 9.17) is 9.47 Å². The molecule has 0 aromatic heterocycles. The van der Waals surface area contributed by atoms with Gasteiger partial charge in [0.05, 0.1) is 12.7 Å². The van der Waals surface area contributed by atoms with Crippen LogP contribution in [0.1, 0.15) is 28.4 Å². The van der Waals surface area contributed by atoms with Crippen LogP contribution >= 0.6 is 0 Å². The number of ether oxygens (including phenoxy) is 2. The average Bonchev–Trinajstić information content (AvgIpc) is 2.60. The van der Waals surface area contributed by atoms with E-state index in [0.717, 1.165) is 16.9 Å². The van der Waals surface area contributed by atoms with Crippen LogP contribution in [-0.4, -0.2) is 25.1 Å². The second-order valence-electron chi connectivity index (χ2n) is 5.48. The highest BCUT2D eigenvalue weighted by Crippen LogP contribution is 2.11. The first kappa shape index (κ1) is 17.5. The van der Waals surface area contributed by atoms with Crippen LogP contribution in [0.2, 0.25) is 0 Å². The summed E-state index contributed by atoms with van der Waals surface area (Å²) in [5, 5.41) is 2.75. The Labute approximate surface area is 141 Å². The van der Waals surface area contributed by atoms with E-state index >= 15 is 0 Å². The minimum atomic E-state index is -0.865. The number of nitrogens with one attached hydrogen (secondary N) is 1. The van der Waals surface area contributed by atoms with E-state index in [1.165, 1.54) is 0 Å². The molecule has 5 nitrogen and oxygen atoms in total. The van der Waals surface area contributed by atoms with Gasteiger partial charge in [-0.15, -0.1) is 0 Å². The van der Waals surface area contributed by atoms with Crippen molar-refractivity contribution in [1.82, 2.24) is 5.32 Å². The van der Waals surface area contributed by atoms with Crippen molar-refractivity contribution in [3.8, 4) is 5.75 Å². The fraction of sp³-hybridized carbons (Fsp3) is 0.263. The molecule has 2 aromatic rings. The highest BCUT2D eigenvalue weighted by molar-refractivity contribution is 5.92. The maximum Gasteiger partial charge on any atom is 0.338 e. The van der Waals surface area contributed by atoms with E-state index in [1.54, 1.807) is 32.2 Å². The van der Waals surface area contributed by atoms with Crippen LogP contribution in [0.25, 0.3) is 0 Å². The van der Waals surface area contributed by atoms with Crippen LogP contribution in [0.3, 0.4) is 0 Å². The fourth-order valence-corrected chi connectivity index (χ4v) is 2.13. The lowest BCUT2D eigenvalue weighted by atomic mass is 10.1. The Bertz CT molecular complexity index is 710. The lowest BCUT2D eigenvalue weighted by Gasteiger charge is -2.14. The van der Waals surface area contributed by atoms with Crippen molar-refractivity contribution in [3.05, 3.63) is 65.2 Å². The monoisotopic (exact) mass is 327 g/mol. The zero-order valence-electron chi connectivity index (χ0n) is 14.0. The summed E-state index contributed by atoms with van der Waals surface area (Å²) in [6.07, 6.45) is -0.865. The summed E-state index contributed by atoms with van der Waals surface area (Å²) >= 11 is 0. The largest absolute Gasteiger partial charge is 0.497 e. The number of hydrogen-bond acceptors (Lipinski definition) is 4. The molecule has 0 radical (unpaired) electrons. The molecule has 0 spiro atoms. The molecule has 2 aromatic carbocycles. The number of aryl methyl sites for hydroxylation is 1. The molecule has 1 amide bonds. The molecule has 0 heterocycles. The van der Waals surface area contributed by atoms with Crippen molar-refractivity contribution in [2.45, 2.75) is 26.5 Å². The highest BCUT2D eigenvalue weighted by Gasteiger charge is 2.18. The smallest absolute Gasteiger partial charge is 0.338 e. The van der Waals surface area contributed by atoms with Gasteiger partial charge in [0, 0.05) is 6.54 Å². The maximum absolute atomic E-state index is 12.1. The van der Waals surface area contributed by atoms with Gasteiger partial charge < -0.3 is 14.8 Å². The Kier molecular flexibility index (Phi) is 5.95. The van der Waals surface area contributed by atoms with Gasteiger partial charge in [-0.3, -0.25) is 4.79 Å². The third kappa shape index (κ3) is 4.84. The van der Waals surface area contributed by atoms with E-state index in [0.29, 0.717) is 12.1 Å². The molecule has 0 bridgehead atoms. The number of carbonyl (C=O) groups is 2. The second kappa shape index (κ2) is 8.15. The van der Waals surface area contributed by atoms with Gasteiger partial charge in [-0.25, -0.2) is 4.79 Å². The number of carbonyl (C=O) groups excluding carboxylic acids is 2. The van der Waals surface area contributed by atoms with Gasteiger partial charge in [0.1, 0.15) is 5.75 Å². The minimum absolute atomic E-state index is 0.341. The molecule has 0 aliphatic carbocycles. The molecular weight excluding hydrogens is 306 g/mol. The summed E-state index contributed by atoms with van der Waals surface area (Å²) in [5.41, 5.74) is 2.33. The number of benzene rings is 2. The second-order valence-corrected chi connectivity index (χ2v) is 5.48. The first-order valence-corrected chi connectivity index (χ1v) is 7.68. The Balaban J connectivity index is 1.86. The molecule has 126 valence electrons. The van der Waals surface area contributed by atoms with Crippen LogP contribution in [0, 0.1) is 6.92 Å². The predicted molar refractivity (Wildman–Crippen MR) is 90.9 cm³/mol. The Morgan fingerprint density at radius 2 is 1.83 bits per heavy atom. The zero-order chi connectivity index (χ0) is 17.5. The van der Waals surface area contributed by atoms with E-state index < -0.39 is 12.1 Å². The molecule has 2 rings (SSSR count). The standard InChI is InChI=1S/C19H21NO4/c1-13-5-4-6-16(11-13)19(22)24-14(2)18(21)20-12-15-7-9-17(23-3)10-8-15/h4-11,14H,12H2,1-3H3,(H,20,21)/t14-/m0/s1. The lowest BCUT2D eigenvalue weighted by molar-refractivity contribution is -0.129. The summed E-state index contributed by atoms with van der Waals surface area (Å²) in [6.45, 7) is 3.80. The molecule has 0 saturated carbocycles. The minimum Gasteiger partial charge on any atom is -0.497 e. The van der Waals surface area contributed by atoms with Crippen molar-refractivity contribution in [2.75, 3.05) is 7.11 Å². The quantitative estimate of drug-likeness (QED) is 0.829. The third-order valence-electron chi connectivity index (χ3n) is 3.53. The van der Waals surface area contributed by atoms with Crippen molar-refractivity contribution in [2.24, 2.45) is 0 Å². The third-order valence-corrected chi connectivity index (χ3v) is 3.53. The Morgan fingerprint density at radius 3 is 2.46 bits per heavy atom.